The number of pyridine rings is 1. The normalized spacial score (nSPS) is 10.5. The fraction of sp³-hybridized carbons (Fsp3) is 0.100. The van der Waals surface area contributed by atoms with E-state index in [9.17, 15) is 0 Å². The van der Waals surface area contributed by atoms with Gasteiger partial charge in [0.15, 0.2) is 0 Å². The molecule has 0 aliphatic carbocycles. The van der Waals surface area contributed by atoms with Gasteiger partial charge >= 0.3 is 0 Å². The van der Waals surface area contributed by atoms with Crippen LogP contribution in [0.2, 0.25) is 0 Å². The van der Waals surface area contributed by atoms with Crippen LogP contribution < -0.4 is 5.73 Å². The molecule has 1 aromatic carbocycles. The third-order valence-electron chi connectivity index (χ3n) is 2.03. The highest BCUT2D eigenvalue weighted by molar-refractivity contribution is 7.98. The number of thioether (sulfide) groups is 1. The predicted octanol–water partition coefficient (Wildman–Crippen LogP) is 2.54. The Labute approximate surface area is 81.2 Å². The number of nitrogen functional groups attached to an aromatic ring is 1. The van der Waals surface area contributed by atoms with Crippen LogP contribution >= 0.6 is 11.8 Å². The van der Waals surface area contributed by atoms with Crippen LogP contribution in [-0.4, -0.2) is 11.2 Å². The first kappa shape index (κ1) is 8.38. The highest BCUT2D eigenvalue weighted by atomic mass is 32.2. The van der Waals surface area contributed by atoms with Crippen LogP contribution in [0.15, 0.2) is 35.5 Å². The summed E-state index contributed by atoms with van der Waals surface area (Å²) in [6, 6.07) is 5.92. The molecule has 13 heavy (non-hydrogen) atoms. The summed E-state index contributed by atoms with van der Waals surface area (Å²) >= 11 is 1.71. The van der Waals surface area contributed by atoms with Crippen LogP contribution in [0.4, 0.5) is 5.69 Å². The van der Waals surface area contributed by atoms with E-state index in [-0.39, 0.29) is 0 Å². The third kappa shape index (κ3) is 1.35. The minimum Gasteiger partial charge on any atom is -0.398 e. The molecule has 0 amide bonds. The Morgan fingerprint density at radius 1 is 1.23 bits per heavy atom. The zero-order valence-electron chi connectivity index (χ0n) is 7.32. The molecule has 66 valence electrons. The lowest BCUT2D eigenvalue weighted by atomic mass is 10.1. The first-order valence-corrected chi connectivity index (χ1v) is 5.21. The van der Waals surface area contributed by atoms with Crippen molar-refractivity contribution in [2.24, 2.45) is 0 Å². The molecular formula is C10H10N2S. The summed E-state index contributed by atoms with van der Waals surface area (Å²) in [6.45, 7) is 0. The van der Waals surface area contributed by atoms with Crippen molar-refractivity contribution in [1.29, 1.82) is 0 Å². The topological polar surface area (TPSA) is 38.9 Å². The molecule has 0 saturated heterocycles. The molecule has 2 N–H and O–H groups in total. The Hall–Kier alpha value is -1.22. The van der Waals surface area contributed by atoms with Gasteiger partial charge in [0.05, 0.1) is 0 Å². The smallest absolute Gasteiger partial charge is 0.0395 e. The summed E-state index contributed by atoms with van der Waals surface area (Å²) in [7, 11) is 0. The molecule has 0 bridgehead atoms. The van der Waals surface area contributed by atoms with E-state index in [2.05, 4.69) is 11.2 Å². The number of nitrogens with two attached hydrogens (primary N) is 1. The van der Waals surface area contributed by atoms with Gasteiger partial charge in [-0.05, 0) is 24.5 Å². The molecule has 0 radical (unpaired) electrons. The van der Waals surface area contributed by atoms with Gasteiger partial charge < -0.3 is 5.73 Å². The highest BCUT2D eigenvalue weighted by Crippen LogP contribution is 2.29. The van der Waals surface area contributed by atoms with Gasteiger partial charge in [0.1, 0.15) is 0 Å². The number of nitrogens with zero attached hydrogens (tertiary/aromatic N) is 1. The van der Waals surface area contributed by atoms with Crippen molar-refractivity contribution in [3.8, 4) is 0 Å². The summed E-state index contributed by atoms with van der Waals surface area (Å²) in [6.07, 6.45) is 5.68. The molecule has 2 rings (SSSR count). The van der Waals surface area contributed by atoms with Crippen molar-refractivity contribution < 1.29 is 0 Å². The Kier molecular flexibility index (Phi) is 2.10. The lowest BCUT2D eigenvalue weighted by molar-refractivity contribution is 1.34. The standard InChI is InChI=1S/C10H10N2S/c1-13-10-3-2-9(11)7-4-5-12-6-8(7)10/h2-6H,11H2,1H3. The Bertz CT molecular complexity index is 440. The van der Waals surface area contributed by atoms with Crippen molar-refractivity contribution in [2.75, 3.05) is 12.0 Å². The molecule has 0 atom stereocenters. The largest absolute Gasteiger partial charge is 0.398 e. The van der Waals surface area contributed by atoms with Crippen LogP contribution in [0.5, 0.6) is 0 Å². The quantitative estimate of drug-likeness (QED) is 0.554. The van der Waals surface area contributed by atoms with Gasteiger partial charge in [-0.2, -0.15) is 0 Å². The number of rotatable bonds is 1. The van der Waals surface area contributed by atoms with E-state index >= 15 is 0 Å². The minimum absolute atomic E-state index is 0.815. The molecule has 1 aromatic heterocycles. The molecule has 0 aliphatic rings. The van der Waals surface area contributed by atoms with E-state index in [1.165, 1.54) is 4.90 Å². The maximum Gasteiger partial charge on any atom is 0.0395 e. The van der Waals surface area contributed by atoms with E-state index in [0.29, 0.717) is 0 Å². The van der Waals surface area contributed by atoms with Gasteiger partial charge in [0.2, 0.25) is 0 Å². The molecule has 2 nitrogen and oxygen atoms in total. The number of fused-ring (bicyclic) bond motifs is 1. The van der Waals surface area contributed by atoms with E-state index in [0.717, 1.165) is 16.5 Å². The lowest BCUT2D eigenvalue weighted by Crippen LogP contribution is -1.88. The van der Waals surface area contributed by atoms with E-state index in [1.54, 1.807) is 18.0 Å². The molecule has 3 heteroatoms. The fourth-order valence-corrected chi connectivity index (χ4v) is 1.95. The minimum atomic E-state index is 0.815. The van der Waals surface area contributed by atoms with Crippen LogP contribution in [0.25, 0.3) is 10.8 Å². The fourth-order valence-electron chi connectivity index (χ4n) is 1.37. The predicted molar refractivity (Wildman–Crippen MR) is 57.9 cm³/mol. The van der Waals surface area contributed by atoms with Crippen LogP contribution in [0, 0.1) is 0 Å². The van der Waals surface area contributed by atoms with Crippen molar-refractivity contribution >= 4 is 28.2 Å². The van der Waals surface area contributed by atoms with Gasteiger partial charge in [-0.25, -0.2) is 0 Å². The van der Waals surface area contributed by atoms with E-state index in [4.69, 9.17) is 5.73 Å². The zero-order valence-corrected chi connectivity index (χ0v) is 8.14. The summed E-state index contributed by atoms with van der Waals surface area (Å²) < 4.78 is 0. The molecule has 0 aliphatic heterocycles. The van der Waals surface area contributed by atoms with Crippen molar-refractivity contribution in [3.05, 3.63) is 30.6 Å². The second-order valence-electron chi connectivity index (χ2n) is 2.78. The highest BCUT2D eigenvalue weighted by Gasteiger charge is 2.01. The SMILES string of the molecule is CSc1ccc(N)c2ccncc12. The molecule has 2 aromatic rings. The molecule has 0 spiro atoms. The van der Waals surface area contributed by atoms with E-state index in [1.807, 2.05) is 24.4 Å². The van der Waals surface area contributed by atoms with Gasteiger partial charge in [0, 0.05) is 33.7 Å². The van der Waals surface area contributed by atoms with Crippen molar-refractivity contribution in [1.82, 2.24) is 4.98 Å². The Balaban J connectivity index is 2.84. The second-order valence-corrected chi connectivity index (χ2v) is 3.63. The number of aromatic nitrogens is 1. The lowest BCUT2D eigenvalue weighted by Gasteiger charge is -2.04. The van der Waals surface area contributed by atoms with Crippen LogP contribution in [0.3, 0.4) is 0 Å². The molecule has 0 fully saturated rings. The molecule has 0 saturated carbocycles. The van der Waals surface area contributed by atoms with Gasteiger partial charge in [-0.3, -0.25) is 4.98 Å². The summed E-state index contributed by atoms with van der Waals surface area (Å²) in [5, 5.41) is 2.22. The van der Waals surface area contributed by atoms with Crippen molar-refractivity contribution in [3.63, 3.8) is 0 Å². The Morgan fingerprint density at radius 2 is 2.08 bits per heavy atom. The van der Waals surface area contributed by atoms with E-state index < -0.39 is 0 Å². The van der Waals surface area contributed by atoms with Crippen LogP contribution in [-0.2, 0) is 0 Å². The monoisotopic (exact) mass is 190 g/mol. The summed E-state index contributed by atoms with van der Waals surface area (Å²) in [5.41, 5.74) is 6.66. The van der Waals surface area contributed by atoms with Gasteiger partial charge in [0.25, 0.3) is 0 Å². The molecule has 1 heterocycles. The summed E-state index contributed by atoms with van der Waals surface area (Å²) in [4.78, 5) is 5.31. The average Bonchev–Trinajstić information content (AvgIpc) is 2.19. The molecule has 0 unspecified atom stereocenters. The average molecular weight is 190 g/mol. The zero-order chi connectivity index (χ0) is 9.26. The number of hydrogen-bond donors (Lipinski definition) is 1. The number of benzene rings is 1. The first-order chi connectivity index (χ1) is 6.33. The maximum atomic E-state index is 5.84. The summed E-state index contributed by atoms with van der Waals surface area (Å²) in [5.74, 6) is 0. The number of hydrogen-bond acceptors (Lipinski definition) is 3. The van der Waals surface area contributed by atoms with Crippen LogP contribution in [0.1, 0.15) is 0 Å². The van der Waals surface area contributed by atoms with Gasteiger partial charge in [-0.1, -0.05) is 0 Å². The third-order valence-corrected chi connectivity index (χ3v) is 2.83. The second kappa shape index (κ2) is 3.26. The first-order valence-electron chi connectivity index (χ1n) is 3.99. The van der Waals surface area contributed by atoms with Crippen molar-refractivity contribution in [2.45, 2.75) is 4.90 Å². The van der Waals surface area contributed by atoms with Gasteiger partial charge in [-0.15, -0.1) is 11.8 Å². The molecular weight excluding hydrogens is 180 g/mol. The maximum absolute atomic E-state index is 5.84. The number of anilines is 1. The Morgan fingerprint density at radius 3 is 2.85 bits per heavy atom.